The molecule has 1 aromatic rings. The van der Waals surface area contributed by atoms with Gasteiger partial charge < -0.3 is 10.2 Å². The molecule has 0 aromatic heterocycles. The number of hydrogen-bond donors (Lipinski definition) is 1. The Bertz CT molecular complexity index is 422. The highest BCUT2D eigenvalue weighted by molar-refractivity contribution is 9.10. The molecule has 18 heavy (non-hydrogen) atoms. The van der Waals surface area contributed by atoms with E-state index in [4.69, 9.17) is 0 Å². The Hall–Kier alpha value is -0.610. The molecule has 1 N–H and O–H groups in total. The molecular formula is C14H20BrFN2. The van der Waals surface area contributed by atoms with Crippen LogP contribution in [0.25, 0.3) is 0 Å². The molecule has 4 heteroatoms. The maximum absolute atomic E-state index is 13.3. The minimum atomic E-state index is -0.206. The van der Waals surface area contributed by atoms with Crippen molar-refractivity contribution in [3.8, 4) is 0 Å². The maximum atomic E-state index is 13.3. The molecule has 0 saturated carbocycles. The lowest BCUT2D eigenvalue weighted by molar-refractivity contribution is 0.349. The van der Waals surface area contributed by atoms with E-state index in [-0.39, 0.29) is 5.82 Å². The van der Waals surface area contributed by atoms with Crippen molar-refractivity contribution >= 4 is 21.6 Å². The van der Waals surface area contributed by atoms with Crippen molar-refractivity contribution in [1.29, 1.82) is 0 Å². The van der Waals surface area contributed by atoms with E-state index in [9.17, 15) is 4.39 Å². The number of nitrogens with zero attached hydrogens (tertiary/aromatic N) is 1. The highest BCUT2D eigenvalue weighted by atomic mass is 79.9. The van der Waals surface area contributed by atoms with Crippen LogP contribution < -0.4 is 10.2 Å². The van der Waals surface area contributed by atoms with Crippen LogP contribution in [0.15, 0.2) is 22.7 Å². The van der Waals surface area contributed by atoms with Crippen LogP contribution >= 0.6 is 15.9 Å². The van der Waals surface area contributed by atoms with Gasteiger partial charge in [0.15, 0.2) is 0 Å². The summed E-state index contributed by atoms with van der Waals surface area (Å²) in [5.41, 5.74) is 1.09. The van der Waals surface area contributed by atoms with Crippen molar-refractivity contribution in [2.75, 3.05) is 18.0 Å². The SMILES string of the molecule is CC1CN(c2ccc(F)c(Br)c2)C(C(C)C)CN1. The Morgan fingerprint density at radius 1 is 1.44 bits per heavy atom. The molecule has 0 aliphatic carbocycles. The molecule has 1 fully saturated rings. The van der Waals surface area contributed by atoms with Crippen molar-refractivity contribution in [3.63, 3.8) is 0 Å². The molecule has 1 aliphatic heterocycles. The summed E-state index contributed by atoms with van der Waals surface area (Å²) < 4.78 is 13.9. The van der Waals surface area contributed by atoms with E-state index in [2.05, 4.69) is 46.9 Å². The fourth-order valence-electron chi connectivity index (χ4n) is 2.48. The van der Waals surface area contributed by atoms with Gasteiger partial charge in [0.25, 0.3) is 0 Å². The Morgan fingerprint density at radius 3 is 2.78 bits per heavy atom. The molecule has 0 radical (unpaired) electrons. The Kier molecular flexibility index (Phi) is 4.28. The normalized spacial score (nSPS) is 24.7. The van der Waals surface area contributed by atoms with Crippen LogP contribution in [0.1, 0.15) is 20.8 Å². The van der Waals surface area contributed by atoms with Crippen LogP contribution in [-0.4, -0.2) is 25.2 Å². The van der Waals surface area contributed by atoms with Crippen molar-refractivity contribution < 1.29 is 4.39 Å². The summed E-state index contributed by atoms with van der Waals surface area (Å²) >= 11 is 3.27. The second-order valence-electron chi connectivity index (χ2n) is 5.37. The number of hydrogen-bond acceptors (Lipinski definition) is 2. The number of benzene rings is 1. The molecule has 1 aliphatic rings. The minimum absolute atomic E-state index is 0.206. The van der Waals surface area contributed by atoms with E-state index >= 15 is 0 Å². The summed E-state index contributed by atoms with van der Waals surface area (Å²) in [6.45, 7) is 8.58. The van der Waals surface area contributed by atoms with E-state index in [0.717, 1.165) is 18.8 Å². The standard InChI is InChI=1S/C14H20BrFN2/c1-9(2)14-7-17-10(3)8-18(14)11-4-5-13(16)12(15)6-11/h4-6,9-10,14,17H,7-8H2,1-3H3. The monoisotopic (exact) mass is 314 g/mol. The van der Waals surface area contributed by atoms with Crippen LogP contribution in [0.4, 0.5) is 10.1 Å². The van der Waals surface area contributed by atoms with Gasteiger partial charge >= 0.3 is 0 Å². The second-order valence-corrected chi connectivity index (χ2v) is 6.23. The average Bonchev–Trinajstić information content (AvgIpc) is 2.32. The summed E-state index contributed by atoms with van der Waals surface area (Å²) in [6, 6.07) is 6.20. The zero-order chi connectivity index (χ0) is 13.3. The molecule has 0 bridgehead atoms. The third-order valence-electron chi connectivity index (χ3n) is 3.55. The molecule has 2 unspecified atom stereocenters. The molecule has 0 spiro atoms. The quantitative estimate of drug-likeness (QED) is 0.900. The topological polar surface area (TPSA) is 15.3 Å². The summed E-state index contributed by atoms with van der Waals surface area (Å²) in [4.78, 5) is 2.38. The molecule has 1 aromatic carbocycles. The highest BCUT2D eigenvalue weighted by Crippen LogP contribution is 2.27. The van der Waals surface area contributed by atoms with Crippen molar-refractivity contribution in [2.24, 2.45) is 5.92 Å². The molecular weight excluding hydrogens is 295 g/mol. The van der Waals surface area contributed by atoms with Gasteiger partial charge in [-0.05, 0) is 47.0 Å². The molecule has 100 valence electrons. The summed E-state index contributed by atoms with van der Waals surface area (Å²) in [7, 11) is 0. The molecule has 2 nitrogen and oxygen atoms in total. The van der Waals surface area contributed by atoms with Crippen molar-refractivity contribution in [2.45, 2.75) is 32.9 Å². The van der Waals surface area contributed by atoms with E-state index in [1.807, 2.05) is 12.1 Å². The van der Waals surface area contributed by atoms with Gasteiger partial charge in [0.2, 0.25) is 0 Å². The number of anilines is 1. The Labute approximate surface area is 117 Å². The predicted molar refractivity (Wildman–Crippen MR) is 77.5 cm³/mol. The zero-order valence-electron chi connectivity index (χ0n) is 11.1. The first-order valence-corrected chi connectivity index (χ1v) is 7.23. The van der Waals surface area contributed by atoms with Gasteiger partial charge in [-0.3, -0.25) is 0 Å². The fourth-order valence-corrected chi connectivity index (χ4v) is 2.85. The number of nitrogens with one attached hydrogen (secondary N) is 1. The van der Waals surface area contributed by atoms with E-state index in [0.29, 0.717) is 22.5 Å². The van der Waals surface area contributed by atoms with Gasteiger partial charge in [-0.15, -0.1) is 0 Å². The van der Waals surface area contributed by atoms with E-state index in [1.165, 1.54) is 6.07 Å². The summed E-state index contributed by atoms with van der Waals surface area (Å²) in [5, 5.41) is 3.51. The lowest BCUT2D eigenvalue weighted by Crippen LogP contribution is -2.57. The first-order chi connectivity index (χ1) is 8.49. The van der Waals surface area contributed by atoms with Crippen LogP contribution in [-0.2, 0) is 0 Å². The van der Waals surface area contributed by atoms with Crippen LogP contribution in [0.2, 0.25) is 0 Å². The molecule has 1 saturated heterocycles. The average molecular weight is 315 g/mol. The zero-order valence-corrected chi connectivity index (χ0v) is 12.7. The number of halogens is 2. The van der Waals surface area contributed by atoms with Gasteiger partial charge in [0.05, 0.1) is 4.47 Å². The second kappa shape index (κ2) is 5.57. The highest BCUT2D eigenvalue weighted by Gasteiger charge is 2.28. The first-order valence-electron chi connectivity index (χ1n) is 6.44. The smallest absolute Gasteiger partial charge is 0.137 e. The Balaban J connectivity index is 2.29. The molecule has 2 atom stereocenters. The largest absolute Gasteiger partial charge is 0.365 e. The first kappa shape index (κ1) is 13.8. The predicted octanol–water partition coefficient (Wildman–Crippen LogP) is 3.41. The van der Waals surface area contributed by atoms with Gasteiger partial charge in [-0.2, -0.15) is 0 Å². The van der Waals surface area contributed by atoms with Crippen LogP contribution in [0.5, 0.6) is 0 Å². The minimum Gasteiger partial charge on any atom is -0.365 e. The Morgan fingerprint density at radius 2 is 2.17 bits per heavy atom. The van der Waals surface area contributed by atoms with Crippen LogP contribution in [0, 0.1) is 11.7 Å². The third-order valence-corrected chi connectivity index (χ3v) is 4.16. The fraction of sp³-hybridized carbons (Fsp3) is 0.571. The van der Waals surface area contributed by atoms with E-state index < -0.39 is 0 Å². The maximum Gasteiger partial charge on any atom is 0.137 e. The number of rotatable bonds is 2. The van der Waals surface area contributed by atoms with Crippen LogP contribution in [0.3, 0.4) is 0 Å². The van der Waals surface area contributed by atoms with Gasteiger partial charge in [-0.1, -0.05) is 13.8 Å². The summed E-state index contributed by atoms with van der Waals surface area (Å²) in [5.74, 6) is 0.358. The van der Waals surface area contributed by atoms with Crippen molar-refractivity contribution in [3.05, 3.63) is 28.5 Å². The van der Waals surface area contributed by atoms with Gasteiger partial charge in [0.1, 0.15) is 5.82 Å². The van der Waals surface area contributed by atoms with E-state index in [1.54, 1.807) is 0 Å². The van der Waals surface area contributed by atoms with Gasteiger partial charge in [0, 0.05) is 30.9 Å². The number of piperazine rings is 1. The summed E-state index contributed by atoms with van der Waals surface area (Å²) in [6.07, 6.45) is 0. The molecule has 0 amide bonds. The lowest BCUT2D eigenvalue weighted by atomic mass is 9.98. The molecule has 1 heterocycles. The molecule has 2 rings (SSSR count). The van der Waals surface area contributed by atoms with Gasteiger partial charge in [-0.25, -0.2) is 4.39 Å². The third kappa shape index (κ3) is 2.86. The van der Waals surface area contributed by atoms with Crippen molar-refractivity contribution in [1.82, 2.24) is 5.32 Å². The lowest BCUT2D eigenvalue weighted by Gasteiger charge is -2.43.